The van der Waals surface area contributed by atoms with Gasteiger partial charge in [-0.05, 0) is 36.8 Å². The van der Waals surface area contributed by atoms with Crippen molar-refractivity contribution >= 4 is 28.8 Å². The van der Waals surface area contributed by atoms with Gasteiger partial charge in [-0.15, -0.1) is 0 Å². The molecule has 3 amide bonds. The molecule has 5 rings (SSSR count). The fraction of sp³-hybridized carbons (Fsp3) is 0.185. The SMILES string of the molecule is Cc1nc2ccccc2n1CCNC(=O)[C@H](Cc1ccccc1)N1C(=O)c2ccccc2C1=O. The van der Waals surface area contributed by atoms with E-state index in [1.54, 1.807) is 24.3 Å². The van der Waals surface area contributed by atoms with Crippen molar-refractivity contribution in [3.05, 3.63) is 101 Å². The van der Waals surface area contributed by atoms with Gasteiger partial charge in [-0.3, -0.25) is 19.3 Å². The Hall–Kier alpha value is -4.26. The van der Waals surface area contributed by atoms with Crippen LogP contribution in [-0.4, -0.2) is 44.8 Å². The summed E-state index contributed by atoms with van der Waals surface area (Å²) in [5, 5.41) is 2.94. The Morgan fingerprint density at radius 1 is 0.882 bits per heavy atom. The maximum Gasteiger partial charge on any atom is 0.262 e. The van der Waals surface area contributed by atoms with E-state index in [2.05, 4.69) is 10.3 Å². The highest BCUT2D eigenvalue weighted by Gasteiger charge is 2.42. The molecule has 0 saturated heterocycles. The number of aromatic nitrogens is 2. The molecule has 0 fully saturated rings. The van der Waals surface area contributed by atoms with E-state index in [1.165, 1.54) is 0 Å². The van der Waals surface area contributed by atoms with E-state index >= 15 is 0 Å². The van der Waals surface area contributed by atoms with Crippen molar-refractivity contribution in [3.8, 4) is 0 Å². The lowest BCUT2D eigenvalue weighted by molar-refractivity contribution is -0.125. The second-order valence-corrected chi connectivity index (χ2v) is 8.32. The molecule has 2 heterocycles. The van der Waals surface area contributed by atoms with Gasteiger partial charge in [0.05, 0.1) is 22.2 Å². The van der Waals surface area contributed by atoms with Gasteiger partial charge >= 0.3 is 0 Å². The largest absolute Gasteiger partial charge is 0.352 e. The van der Waals surface area contributed by atoms with Gasteiger partial charge in [-0.2, -0.15) is 0 Å². The quantitative estimate of drug-likeness (QED) is 0.436. The topological polar surface area (TPSA) is 84.3 Å². The van der Waals surface area contributed by atoms with Crippen LogP contribution >= 0.6 is 0 Å². The van der Waals surface area contributed by atoms with Gasteiger partial charge in [0.1, 0.15) is 11.9 Å². The summed E-state index contributed by atoms with van der Waals surface area (Å²) in [4.78, 5) is 45.2. The first kappa shape index (κ1) is 21.6. The van der Waals surface area contributed by atoms with Gasteiger partial charge in [0.2, 0.25) is 5.91 Å². The molecule has 0 aliphatic carbocycles. The van der Waals surface area contributed by atoms with E-state index < -0.39 is 17.9 Å². The van der Waals surface area contributed by atoms with Crippen LogP contribution in [0.1, 0.15) is 32.1 Å². The predicted molar refractivity (Wildman–Crippen MR) is 128 cm³/mol. The Morgan fingerprint density at radius 3 is 2.21 bits per heavy atom. The molecule has 170 valence electrons. The molecule has 1 N–H and O–H groups in total. The Labute approximate surface area is 197 Å². The molecule has 0 unspecified atom stereocenters. The summed E-state index contributed by atoms with van der Waals surface area (Å²) in [5.74, 6) is -0.377. The minimum absolute atomic E-state index is 0.241. The summed E-state index contributed by atoms with van der Waals surface area (Å²) in [5.41, 5.74) is 3.43. The van der Waals surface area contributed by atoms with Crippen LogP contribution in [0.2, 0.25) is 0 Å². The van der Waals surface area contributed by atoms with E-state index in [0.29, 0.717) is 24.2 Å². The van der Waals surface area contributed by atoms with Crippen molar-refractivity contribution in [2.45, 2.75) is 25.9 Å². The Balaban J connectivity index is 1.37. The minimum Gasteiger partial charge on any atom is -0.352 e. The normalized spacial score (nSPS) is 13.9. The number of amides is 3. The van der Waals surface area contributed by atoms with Gasteiger partial charge in [0.15, 0.2) is 0 Å². The smallest absolute Gasteiger partial charge is 0.262 e. The lowest BCUT2D eigenvalue weighted by Gasteiger charge is -2.25. The highest BCUT2D eigenvalue weighted by molar-refractivity contribution is 6.22. The maximum atomic E-state index is 13.4. The summed E-state index contributed by atoms with van der Waals surface area (Å²) in [6, 6.07) is 23.0. The highest BCUT2D eigenvalue weighted by Crippen LogP contribution is 2.26. The Morgan fingerprint density at radius 2 is 1.50 bits per heavy atom. The molecule has 1 aromatic heterocycles. The number of imide groups is 1. The first-order chi connectivity index (χ1) is 16.5. The fourth-order valence-corrected chi connectivity index (χ4v) is 4.52. The number of carbonyl (C=O) groups excluding carboxylic acids is 3. The van der Waals surface area contributed by atoms with E-state index in [-0.39, 0.29) is 12.3 Å². The number of hydrogen-bond acceptors (Lipinski definition) is 4. The molecule has 7 nitrogen and oxygen atoms in total. The average Bonchev–Trinajstić information content (AvgIpc) is 3.31. The van der Waals surface area contributed by atoms with Gasteiger partial charge in [-0.1, -0.05) is 54.6 Å². The lowest BCUT2D eigenvalue weighted by atomic mass is 10.0. The number of benzene rings is 3. The molecule has 0 spiro atoms. The number of nitrogens with zero attached hydrogens (tertiary/aromatic N) is 3. The monoisotopic (exact) mass is 452 g/mol. The molecular formula is C27H24N4O3. The third kappa shape index (κ3) is 3.85. The van der Waals surface area contributed by atoms with Crippen molar-refractivity contribution in [2.75, 3.05) is 6.54 Å². The molecule has 7 heteroatoms. The number of imidazole rings is 1. The highest BCUT2D eigenvalue weighted by atomic mass is 16.2. The van der Waals surface area contributed by atoms with Crippen molar-refractivity contribution < 1.29 is 14.4 Å². The van der Waals surface area contributed by atoms with Crippen LogP contribution in [0.15, 0.2) is 78.9 Å². The number of hydrogen-bond donors (Lipinski definition) is 1. The Kier molecular flexibility index (Phi) is 5.67. The van der Waals surface area contributed by atoms with Crippen LogP contribution in [0, 0.1) is 6.92 Å². The lowest BCUT2D eigenvalue weighted by Crippen LogP contribution is -2.51. The van der Waals surface area contributed by atoms with Gasteiger partial charge in [-0.25, -0.2) is 4.98 Å². The fourth-order valence-electron chi connectivity index (χ4n) is 4.52. The third-order valence-electron chi connectivity index (χ3n) is 6.19. The standard InChI is InChI=1S/C27H24N4O3/c1-18-29-22-13-7-8-14-23(22)30(18)16-15-28-25(32)24(17-19-9-3-2-4-10-19)31-26(33)20-11-5-6-12-21(20)27(31)34/h2-14,24H,15-17H2,1H3,(H,28,32)/t24-/m0/s1. The van der Waals surface area contributed by atoms with Crippen molar-refractivity contribution in [2.24, 2.45) is 0 Å². The first-order valence-electron chi connectivity index (χ1n) is 11.2. The van der Waals surface area contributed by atoms with Crippen LogP contribution in [-0.2, 0) is 17.8 Å². The number of aryl methyl sites for hydroxylation is 1. The molecule has 0 bridgehead atoms. The summed E-state index contributed by atoms with van der Waals surface area (Å²) in [6.07, 6.45) is 0.241. The number of para-hydroxylation sites is 2. The van der Waals surface area contributed by atoms with Crippen molar-refractivity contribution in [1.82, 2.24) is 19.8 Å². The summed E-state index contributed by atoms with van der Waals surface area (Å²) in [6.45, 7) is 2.80. The number of nitrogens with one attached hydrogen (secondary N) is 1. The van der Waals surface area contributed by atoms with Gasteiger partial charge in [0.25, 0.3) is 11.8 Å². The first-order valence-corrected chi connectivity index (χ1v) is 11.2. The van der Waals surface area contributed by atoms with Gasteiger partial charge < -0.3 is 9.88 Å². The van der Waals surface area contributed by atoms with Crippen LogP contribution in [0.25, 0.3) is 11.0 Å². The van der Waals surface area contributed by atoms with E-state index in [0.717, 1.165) is 27.3 Å². The molecular weight excluding hydrogens is 428 g/mol. The second kappa shape index (κ2) is 8.94. The van der Waals surface area contributed by atoms with Crippen LogP contribution in [0.4, 0.5) is 0 Å². The van der Waals surface area contributed by atoms with E-state index in [1.807, 2.05) is 66.1 Å². The zero-order valence-corrected chi connectivity index (χ0v) is 18.8. The summed E-state index contributed by atoms with van der Waals surface area (Å²) >= 11 is 0. The zero-order valence-electron chi connectivity index (χ0n) is 18.8. The van der Waals surface area contributed by atoms with Crippen molar-refractivity contribution in [3.63, 3.8) is 0 Å². The molecule has 3 aromatic carbocycles. The molecule has 0 radical (unpaired) electrons. The third-order valence-corrected chi connectivity index (χ3v) is 6.19. The van der Waals surface area contributed by atoms with Crippen LogP contribution < -0.4 is 5.32 Å². The van der Waals surface area contributed by atoms with Gasteiger partial charge in [0, 0.05) is 19.5 Å². The Bertz CT molecular complexity index is 1360. The summed E-state index contributed by atoms with van der Waals surface area (Å²) < 4.78 is 2.05. The molecule has 1 atom stereocenters. The van der Waals surface area contributed by atoms with Crippen LogP contribution in [0.5, 0.6) is 0 Å². The average molecular weight is 453 g/mol. The van der Waals surface area contributed by atoms with E-state index in [4.69, 9.17) is 0 Å². The number of carbonyl (C=O) groups is 3. The maximum absolute atomic E-state index is 13.4. The molecule has 1 aliphatic heterocycles. The van der Waals surface area contributed by atoms with E-state index in [9.17, 15) is 14.4 Å². The molecule has 4 aromatic rings. The molecule has 0 saturated carbocycles. The minimum atomic E-state index is -0.949. The molecule has 1 aliphatic rings. The van der Waals surface area contributed by atoms with Crippen molar-refractivity contribution in [1.29, 1.82) is 0 Å². The summed E-state index contributed by atoms with van der Waals surface area (Å²) in [7, 11) is 0. The molecule has 34 heavy (non-hydrogen) atoms. The number of rotatable bonds is 7. The zero-order chi connectivity index (χ0) is 23.7. The predicted octanol–water partition coefficient (Wildman–Crippen LogP) is 3.37. The number of fused-ring (bicyclic) bond motifs is 2. The van der Waals surface area contributed by atoms with Crippen LogP contribution in [0.3, 0.4) is 0 Å². The second-order valence-electron chi connectivity index (χ2n) is 8.32.